The van der Waals surface area contributed by atoms with Crippen LogP contribution in [0.4, 0.5) is 0 Å². The highest BCUT2D eigenvalue weighted by Crippen LogP contribution is 2.36. The van der Waals surface area contributed by atoms with Crippen molar-refractivity contribution in [3.8, 4) is 17.0 Å². The summed E-state index contributed by atoms with van der Waals surface area (Å²) in [6.07, 6.45) is 1.78. The largest absolute Gasteiger partial charge is 0.488 e. The molecule has 23 heavy (non-hydrogen) atoms. The van der Waals surface area contributed by atoms with E-state index in [4.69, 9.17) is 4.74 Å². The Bertz CT molecular complexity index is 839. The molecular formula is C17H15N3O2S. The van der Waals surface area contributed by atoms with Gasteiger partial charge in [0.2, 0.25) is 5.91 Å². The monoisotopic (exact) mass is 325 g/mol. The summed E-state index contributed by atoms with van der Waals surface area (Å²) in [5.74, 6) is 0.786. The Morgan fingerprint density at radius 2 is 2.22 bits per heavy atom. The topological polar surface area (TPSA) is 56.2 Å². The summed E-state index contributed by atoms with van der Waals surface area (Å²) in [5, 5.41) is 9.30. The number of carbonyl (C=O) groups is 1. The molecule has 0 atom stereocenters. The number of nitrogens with one attached hydrogen (secondary N) is 1. The van der Waals surface area contributed by atoms with Crippen LogP contribution in [0.15, 0.2) is 48.0 Å². The van der Waals surface area contributed by atoms with Crippen molar-refractivity contribution in [3.63, 3.8) is 0 Å². The van der Waals surface area contributed by atoms with E-state index in [9.17, 15) is 4.79 Å². The van der Waals surface area contributed by atoms with Gasteiger partial charge in [-0.3, -0.25) is 9.48 Å². The first-order chi connectivity index (χ1) is 11.3. The molecule has 0 aliphatic carbocycles. The predicted octanol–water partition coefficient (Wildman–Crippen LogP) is 2.82. The van der Waals surface area contributed by atoms with Crippen molar-refractivity contribution in [2.45, 2.75) is 19.7 Å². The van der Waals surface area contributed by atoms with E-state index in [-0.39, 0.29) is 12.5 Å². The second kappa shape index (κ2) is 5.89. The number of benzene rings is 1. The zero-order valence-electron chi connectivity index (χ0n) is 12.4. The fourth-order valence-electron chi connectivity index (χ4n) is 2.70. The van der Waals surface area contributed by atoms with Crippen molar-refractivity contribution in [1.82, 2.24) is 15.1 Å². The second-order valence-corrected chi connectivity index (χ2v) is 6.35. The van der Waals surface area contributed by atoms with Gasteiger partial charge in [-0.05, 0) is 23.6 Å². The smallest absolute Gasteiger partial charge is 0.242 e. The average Bonchev–Trinajstić information content (AvgIpc) is 3.23. The lowest BCUT2D eigenvalue weighted by atomic mass is 10.0. The number of hydrogen-bond acceptors (Lipinski definition) is 4. The van der Waals surface area contributed by atoms with Crippen molar-refractivity contribution < 1.29 is 9.53 Å². The number of fused-ring (bicyclic) bond motifs is 3. The molecule has 0 fully saturated rings. The molecule has 3 heterocycles. The molecule has 4 rings (SSSR count). The van der Waals surface area contributed by atoms with Crippen LogP contribution in [0.5, 0.6) is 5.75 Å². The molecule has 5 nitrogen and oxygen atoms in total. The van der Waals surface area contributed by atoms with Crippen molar-refractivity contribution in [2.75, 3.05) is 0 Å². The van der Waals surface area contributed by atoms with E-state index >= 15 is 0 Å². The van der Waals surface area contributed by atoms with Gasteiger partial charge in [-0.1, -0.05) is 18.2 Å². The molecule has 1 aliphatic heterocycles. The maximum absolute atomic E-state index is 12.2. The van der Waals surface area contributed by atoms with E-state index in [0.29, 0.717) is 13.2 Å². The minimum atomic E-state index is -0.0479. The third-order valence-corrected chi connectivity index (χ3v) is 4.65. The molecule has 3 aromatic rings. The van der Waals surface area contributed by atoms with Gasteiger partial charge in [0.05, 0.1) is 18.4 Å². The van der Waals surface area contributed by atoms with Crippen LogP contribution < -0.4 is 10.1 Å². The molecule has 0 saturated carbocycles. The van der Waals surface area contributed by atoms with Gasteiger partial charge >= 0.3 is 0 Å². The molecule has 0 saturated heterocycles. The molecule has 0 spiro atoms. The van der Waals surface area contributed by atoms with Crippen molar-refractivity contribution in [3.05, 3.63) is 58.4 Å². The van der Waals surface area contributed by atoms with Gasteiger partial charge in [-0.2, -0.15) is 5.10 Å². The van der Waals surface area contributed by atoms with E-state index in [1.807, 2.05) is 41.8 Å². The quantitative estimate of drug-likeness (QED) is 0.802. The molecule has 1 N–H and O–H groups in total. The molecular weight excluding hydrogens is 310 g/mol. The highest BCUT2D eigenvalue weighted by Gasteiger charge is 2.22. The Kier molecular flexibility index (Phi) is 3.59. The normalized spacial score (nSPS) is 12.2. The Labute approximate surface area is 137 Å². The van der Waals surface area contributed by atoms with Gasteiger partial charge in [0, 0.05) is 16.0 Å². The van der Waals surface area contributed by atoms with Crippen LogP contribution in [0.1, 0.15) is 10.4 Å². The molecule has 0 radical (unpaired) electrons. The van der Waals surface area contributed by atoms with Crippen LogP contribution in [-0.4, -0.2) is 15.7 Å². The number of carbonyl (C=O) groups excluding carboxylic acids is 1. The van der Waals surface area contributed by atoms with E-state index in [1.165, 1.54) is 0 Å². The van der Waals surface area contributed by atoms with Crippen LogP contribution in [-0.2, 0) is 24.5 Å². The Hall–Kier alpha value is -2.60. The lowest BCUT2D eigenvalue weighted by Gasteiger charge is -2.19. The van der Waals surface area contributed by atoms with Gasteiger partial charge in [-0.25, -0.2) is 0 Å². The maximum atomic E-state index is 12.2. The first-order valence-corrected chi connectivity index (χ1v) is 8.25. The summed E-state index contributed by atoms with van der Waals surface area (Å²) in [6.45, 7) is 1.25. The SMILES string of the molecule is O=C(Cn1ncc2c1-c1ccccc1OC2)NCc1cccs1. The standard InChI is InChI=1S/C17H15N3O2S/c21-16(18-9-13-4-3-7-23-13)10-20-17-12(8-19-20)11-22-15-6-2-1-5-14(15)17/h1-8H,9-11H2,(H,18,21). The van der Waals surface area contributed by atoms with Crippen LogP contribution in [0.3, 0.4) is 0 Å². The number of aromatic nitrogens is 2. The Morgan fingerprint density at radius 1 is 1.30 bits per heavy atom. The van der Waals surface area contributed by atoms with Crippen molar-refractivity contribution >= 4 is 17.2 Å². The maximum Gasteiger partial charge on any atom is 0.242 e. The van der Waals surface area contributed by atoms with Crippen molar-refractivity contribution in [2.24, 2.45) is 0 Å². The van der Waals surface area contributed by atoms with Crippen LogP contribution in [0.25, 0.3) is 11.3 Å². The number of hydrogen-bond donors (Lipinski definition) is 1. The summed E-state index contributed by atoms with van der Waals surface area (Å²) in [7, 11) is 0. The first-order valence-electron chi connectivity index (χ1n) is 7.37. The Balaban J connectivity index is 1.53. The summed E-state index contributed by atoms with van der Waals surface area (Å²) < 4.78 is 7.46. The summed E-state index contributed by atoms with van der Waals surface area (Å²) in [4.78, 5) is 13.3. The molecule has 1 aliphatic rings. The van der Waals surface area contributed by atoms with Crippen LogP contribution in [0, 0.1) is 0 Å². The van der Waals surface area contributed by atoms with Crippen LogP contribution >= 0.6 is 11.3 Å². The molecule has 0 unspecified atom stereocenters. The summed E-state index contributed by atoms with van der Waals surface area (Å²) >= 11 is 1.63. The zero-order valence-corrected chi connectivity index (χ0v) is 13.2. The number of rotatable bonds is 4. The number of amides is 1. The van der Waals surface area contributed by atoms with Gasteiger partial charge in [0.25, 0.3) is 0 Å². The van der Waals surface area contributed by atoms with Gasteiger partial charge in [0.15, 0.2) is 0 Å². The third kappa shape index (κ3) is 2.73. The molecule has 2 aromatic heterocycles. The minimum Gasteiger partial charge on any atom is -0.488 e. The molecule has 1 aromatic carbocycles. The highest BCUT2D eigenvalue weighted by molar-refractivity contribution is 7.09. The van der Waals surface area contributed by atoms with Gasteiger partial charge in [-0.15, -0.1) is 11.3 Å². The van der Waals surface area contributed by atoms with E-state index in [1.54, 1.807) is 22.2 Å². The molecule has 6 heteroatoms. The molecule has 0 bridgehead atoms. The summed E-state index contributed by atoms with van der Waals surface area (Å²) in [6, 6.07) is 11.8. The van der Waals surface area contributed by atoms with Gasteiger partial charge in [0.1, 0.15) is 18.9 Å². The summed E-state index contributed by atoms with van der Waals surface area (Å²) in [5.41, 5.74) is 2.96. The van der Waals surface area contributed by atoms with Gasteiger partial charge < -0.3 is 10.1 Å². The number of nitrogens with zero attached hydrogens (tertiary/aromatic N) is 2. The second-order valence-electron chi connectivity index (χ2n) is 5.32. The fraction of sp³-hybridized carbons (Fsp3) is 0.176. The average molecular weight is 325 g/mol. The minimum absolute atomic E-state index is 0.0479. The number of ether oxygens (including phenoxy) is 1. The number of thiophene rings is 1. The zero-order chi connectivity index (χ0) is 15.6. The predicted molar refractivity (Wildman–Crippen MR) is 88.2 cm³/mol. The first kappa shape index (κ1) is 14.0. The molecule has 1 amide bonds. The fourth-order valence-corrected chi connectivity index (χ4v) is 3.34. The Morgan fingerprint density at radius 3 is 3.09 bits per heavy atom. The van der Waals surface area contributed by atoms with E-state index < -0.39 is 0 Å². The lowest BCUT2D eigenvalue weighted by molar-refractivity contribution is -0.121. The van der Waals surface area contributed by atoms with E-state index in [2.05, 4.69) is 10.4 Å². The third-order valence-electron chi connectivity index (χ3n) is 3.77. The molecule has 116 valence electrons. The number of para-hydroxylation sites is 1. The lowest BCUT2D eigenvalue weighted by Crippen LogP contribution is -2.27. The highest BCUT2D eigenvalue weighted by atomic mass is 32.1. The van der Waals surface area contributed by atoms with Crippen LogP contribution in [0.2, 0.25) is 0 Å². The van der Waals surface area contributed by atoms with Crippen molar-refractivity contribution in [1.29, 1.82) is 0 Å². The van der Waals surface area contributed by atoms with E-state index in [0.717, 1.165) is 27.4 Å².